The average molecular weight is 176 g/mol. The molecule has 0 unspecified atom stereocenters. The van der Waals surface area contributed by atoms with Crippen molar-refractivity contribution in [2.75, 3.05) is 6.54 Å². The molecule has 1 aliphatic heterocycles. The van der Waals surface area contributed by atoms with Crippen LogP contribution in [0.15, 0.2) is 24.5 Å². The van der Waals surface area contributed by atoms with E-state index in [9.17, 15) is 0 Å². The summed E-state index contributed by atoms with van der Waals surface area (Å²) in [7, 11) is 0. The Bertz CT molecular complexity index is 238. The predicted octanol–water partition coefficient (Wildman–Crippen LogP) is 2.29. The first-order valence-corrected chi connectivity index (χ1v) is 5.10. The van der Waals surface area contributed by atoms with E-state index in [1.807, 2.05) is 18.5 Å². The van der Waals surface area contributed by atoms with Crippen molar-refractivity contribution in [2.45, 2.75) is 31.7 Å². The molecule has 1 saturated heterocycles. The fourth-order valence-corrected chi connectivity index (χ4v) is 1.90. The summed E-state index contributed by atoms with van der Waals surface area (Å²) < 4.78 is 0. The molecule has 0 aliphatic carbocycles. The summed E-state index contributed by atoms with van der Waals surface area (Å²) >= 11 is 0. The molecule has 1 fully saturated rings. The number of pyridine rings is 1. The lowest BCUT2D eigenvalue weighted by Crippen LogP contribution is -2.20. The molecule has 2 heteroatoms. The van der Waals surface area contributed by atoms with E-state index in [1.165, 1.54) is 31.2 Å². The van der Waals surface area contributed by atoms with Crippen molar-refractivity contribution < 1.29 is 0 Å². The highest BCUT2D eigenvalue weighted by Gasteiger charge is 2.12. The summed E-state index contributed by atoms with van der Waals surface area (Å²) in [6, 6.07) is 4.72. The van der Waals surface area contributed by atoms with E-state index in [0.29, 0.717) is 6.04 Å². The Kier molecular flexibility index (Phi) is 2.93. The molecule has 1 aromatic heterocycles. The van der Waals surface area contributed by atoms with Crippen LogP contribution in [0.2, 0.25) is 0 Å². The lowest BCUT2D eigenvalue weighted by molar-refractivity contribution is 0.533. The minimum atomic E-state index is 0.538. The zero-order valence-corrected chi connectivity index (χ0v) is 7.87. The molecule has 1 atom stereocenters. The van der Waals surface area contributed by atoms with Gasteiger partial charge in [0.05, 0.1) is 0 Å². The van der Waals surface area contributed by atoms with Crippen molar-refractivity contribution in [3.8, 4) is 0 Å². The van der Waals surface area contributed by atoms with Gasteiger partial charge in [0.25, 0.3) is 0 Å². The third-order valence-corrected chi connectivity index (χ3v) is 2.65. The van der Waals surface area contributed by atoms with Crippen molar-refractivity contribution in [3.63, 3.8) is 0 Å². The predicted molar refractivity (Wildman–Crippen MR) is 53.4 cm³/mol. The number of hydrogen-bond donors (Lipinski definition) is 1. The van der Waals surface area contributed by atoms with Gasteiger partial charge >= 0.3 is 0 Å². The Labute approximate surface area is 79.4 Å². The van der Waals surface area contributed by atoms with E-state index in [-0.39, 0.29) is 0 Å². The van der Waals surface area contributed by atoms with Gasteiger partial charge in [-0.15, -0.1) is 0 Å². The molecule has 70 valence electrons. The van der Waals surface area contributed by atoms with Crippen LogP contribution in [0.5, 0.6) is 0 Å². The van der Waals surface area contributed by atoms with E-state index >= 15 is 0 Å². The third kappa shape index (κ3) is 2.28. The van der Waals surface area contributed by atoms with Gasteiger partial charge in [0, 0.05) is 18.4 Å². The van der Waals surface area contributed by atoms with Crippen molar-refractivity contribution in [1.29, 1.82) is 0 Å². The minimum Gasteiger partial charge on any atom is -0.310 e. The van der Waals surface area contributed by atoms with E-state index < -0.39 is 0 Å². The molecular formula is C11H16N2. The maximum Gasteiger partial charge on any atom is 0.0335 e. The summed E-state index contributed by atoms with van der Waals surface area (Å²) in [5, 5.41) is 3.56. The second-order valence-corrected chi connectivity index (χ2v) is 3.64. The van der Waals surface area contributed by atoms with Crippen LogP contribution in [0.4, 0.5) is 0 Å². The van der Waals surface area contributed by atoms with E-state index in [4.69, 9.17) is 0 Å². The highest BCUT2D eigenvalue weighted by Crippen LogP contribution is 2.21. The third-order valence-electron chi connectivity index (χ3n) is 2.65. The molecule has 0 spiro atoms. The second-order valence-electron chi connectivity index (χ2n) is 3.64. The van der Waals surface area contributed by atoms with Crippen LogP contribution in [0, 0.1) is 0 Å². The van der Waals surface area contributed by atoms with Gasteiger partial charge in [-0.2, -0.15) is 0 Å². The summed E-state index contributed by atoms with van der Waals surface area (Å²) in [4.78, 5) is 4.15. The number of nitrogens with zero attached hydrogens (tertiary/aromatic N) is 1. The number of aromatic nitrogens is 1. The molecule has 1 N–H and O–H groups in total. The van der Waals surface area contributed by atoms with Crippen LogP contribution in [0.25, 0.3) is 0 Å². The molecule has 13 heavy (non-hydrogen) atoms. The molecule has 0 amide bonds. The topological polar surface area (TPSA) is 24.9 Å². The highest BCUT2D eigenvalue weighted by atomic mass is 14.9. The normalized spacial score (nSPS) is 23.8. The Morgan fingerprint density at radius 1 is 1.31 bits per heavy atom. The van der Waals surface area contributed by atoms with Gasteiger partial charge in [-0.25, -0.2) is 0 Å². The number of nitrogens with one attached hydrogen (secondary N) is 1. The zero-order valence-electron chi connectivity index (χ0n) is 7.87. The Hall–Kier alpha value is -0.890. The number of rotatable bonds is 1. The molecule has 0 bridgehead atoms. The van der Waals surface area contributed by atoms with Crippen molar-refractivity contribution in [3.05, 3.63) is 30.1 Å². The van der Waals surface area contributed by atoms with Crippen LogP contribution in [0.1, 0.15) is 37.3 Å². The zero-order chi connectivity index (χ0) is 8.93. The smallest absolute Gasteiger partial charge is 0.0335 e. The van der Waals surface area contributed by atoms with Gasteiger partial charge in [0.15, 0.2) is 0 Å². The van der Waals surface area contributed by atoms with Gasteiger partial charge < -0.3 is 5.32 Å². The van der Waals surface area contributed by atoms with Gasteiger partial charge in [-0.05, 0) is 31.0 Å². The molecule has 2 rings (SSSR count). The van der Waals surface area contributed by atoms with Gasteiger partial charge in [0.2, 0.25) is 0 Å². The standard InChI is InChI=1S/C11H16N2/c1-2-6-11(13-8-3-1)10-5-4-7-12-9-10/h4-5,7,9,11,13H,1-3,6,8H2/t11-/m0/s1. The summed E-state index contributed by atoms with van der Waals surface area (Å²) in [6.45, 7) is 1.15. The van der Waals surface area contributed by atoms with Crippen LogP contribution in [0.3, 0.4) is 0 Å². The van der Waals surface area contributed by atoms with Gasteiger partial charge in [-0.1, -0.05) is 18.9 Å². The monoisotopic (exact) mass is 176 g/mol. The molecule has 0 aromatic carbocycles. The molecule has 1 aliphatic rings. The largest absolute Gasteiger partial charge is 0.310 e. The lowest BCUT2D eigenvalue weighted by atomic mass is 10.0. The Balaban J connectivity index is 2.06. The van der Waals surface area contributed by atoms with Crippen LogP contribution in [-0.4, -0.2) is 11.5 Å². The molecule has 0 saturated carbocycles. The maximum absolute atomic E-state index is 4.15. The van der Waals surface area contributed by atoms with Crippen molar-refractivity contribution in [2.24, 2.45) is 0 Å². The SMILES string of the molecule is c1cncc([C@@H]2CCCCCN2)c1. The van der Waals surface area contributed by atoms with Crippen LogP contribution < -0.4 is 5.32 Å². The van der Waals surface area contributed by atoms with Crippen LogP contribution >= 0.6 is 0 Å². The van der Waals surface area contributed by atoms with Gasteiger partial charge in [0.1, 0.15) is 0 Å². The molecule has 1 aromatic rings. The Morgan fingerprint density at radius 3 is 3.15 bits per heavy atom. The Morgan fingerprint density at radius 2 is 2.31 bits per heavy atom. The van der Waals surface area contributed by atoms with Gasteiger partial charge in [-0.3, -0.25) is 4.98 Å². The summed E-state index contributed by atoms with van der Waals surface area (Å²) in [6.07, 6.45) is 9.09. The fourth-order valence-electron chi connectivity index (χ4n) is 1.90. The first-order valence-electron chi connectivity index (χ1n) is 5.10. The van der Waals surface area contributed by atoms with E-state index in [0.717, 1.165) is 6.54 Å². The highest BCUT2D eigenvalue weighted by molar-refractivity contribution is 5.13. The molecule has 2 heterocycles. The molecule has 2 nitrogen and oxygen atoms in total. The first-order chi connectivity index (χ1) is 6.47. The lowest BCUT2D eigenvalue weighted by Gasteiger charge is -2.15. The average Bonchev–Trinajstić information content (AvgIpc) is 2.47. The summed E-state index contributed by atoms with van der Waals surface area (Å²) in [5.41, 5.74) is 1.34. The van der Waals surface area contributed by atoms with E-state index in [2.05, 4.69) is 16.4 Å². The number of hydrogen-bond acceptors (Lipinski definition) is 2. The summed E-state index contributed by atoms with van der Waals surface area (Å²) in [5.74, 6) is 0. The molecular weight excluding hydrogens is 160 g/mol. The van der Waals surface area contributed by atoms with Crippen molar-refractivity contribution >= 4 is 0 Å². The van der Waals surface area contributed by atoms with Crippen molar-refractivity contribution in [1.82, 2.24) is 10.3 Å². The molecule has 0 radical (unpaired) electrons. The van der Waals surface area contributed by atoms with Crippen LogP contribution in [-0.2, 0) is 0 Å². The first kappa shape index (κ1) is 8.70. The van der Waals surface area contributed by atoms with E-state index in [1.54, 1.807) is 0 Å². The quantitative estimate of drug-likeness (QED) is 0.710. The second kappa shape index (κ2) is 4.38. The fraction of sp³-hybridized carbons (Fsp3) is 0.545. The minimum absolute atomic E-state index is 0.538. The maximum atomic E-state index is 4.15.